The topological polar surface area (TPSA) is 55.3 Å². The van der Waals surface area contributed by atoms with Gasteiger partial charge in [0.15, 0.2) is 0 Å². The molecule has 6 heteroatoms. The van der Waals surface area contributed by atoms with Crippen molar-refractivity contribution in [2.75, 3.05) is 13.1 Å². The van der Waals surface area contributed by atoms with Gasteiger partial charge < -0.3 is 9.64 Å². The second-order valence-electron chi connectivity index (χ2n) is 7.72. The first-order chi connectivity index (χ1) is 11.7. The molecule has 2 atom stereocenters. The van der Waals surface area contributed by atoms with Crippen LogP contribution >= 0.6 is 11.6 Å². The van der Waals surface area contributed by atoms with E-state index in [1.165, 1.54) is 0 Å². The number of nitrogens with zero attached hydrogens (tertiary/aromatic N) is 3. The van der Waals surface area contributed by atoms with E-state index in [2.05, 4.69) is 16.9 Å². The third kappa shape index (κ3) is 4.03. The van der Waals surface area contributed by atoms with Crippen LogP contribution in [0.15, 0.2) is 24.5 Å². The number of hydrogen-bond acceptors (Lipinski definition) is 4. The molecule has 0 saturated carbocycles. The number of halogens is 1. The summed E-state index contributed by atoms with van der Waals surface area (Å²) in [5.74, 6) is 0.562. The molecule has 0 unspecified atom stereocenters. The zero-order chi connectivity index (χ0) is 18.2. The molecule has 3 heterocycles. The Bertz CT molecular complexity index is 788. The fourth-order valence-electron chi connectivity index (χ4n) is 3.40. The lowest BCUT2D eigenvalue weighted by Crippen LogP contribution is -2.44. The highest BCUT2D eigenvalue weighted by molar-refractivity contribution is 6.30. The van der Waals surface area contributed by atoms with Crippen molar-refractivity contribution < 1.29 is 9.53 Å². The number of piperidine rings is 1. The average Bonchev–Trinajstić information content (AvgIpc) is 2.53. The number of aromatic nitrogens is 2. The second kappa shape index (κ2) is 6.79. The summed E-state index contributed by atoms with van der Waals surface area (Å²) >= 11 is 6.08. The number of pyridine rings is 2. The summed E-state index contributed by atoms with van der Waals surface area (Å²) in [6.45, 7) is 9.15. The molecule has 134 valence electrons. The number of likely N-dealkylation sites (tertiary alicyclic amines) is 1. The van der Waals surface area contributed by atoms with Gasteiger partial charge in [-0.2, -0.15) is 0 Å². The monoisotopic (exact) mass is 361 g/mol. The van der Waals surface area contributed by atoms with Crippen molar-refractivity contribution in [3.8, 4) is 0 Å². The highest BCUT2D eigenvalue weighted by atomic mass is 35.5. The molecule has 0 aliphatic carbocycles. The molecule has 1 amide bonds. The maximum Gasteiger partial charge on any atom is 0.410 e. The maximum atomic E-state index is 12.3. The van der Waals surface area contributed by atoms with E-state index >= 15 is 0 Å². The molecule has 2 aromatic heterocycles. The summed E-state index contributed by atoms with van der Waals surface area (Å²) in [6.07, 6.45) is 4.21. The van der Waals surface area contributed by atoms with Crippen molar-refractivity contribution in [3.63, 3.8) is 0 Å². The van der Waals surface area contributed by atoms with Crippen molar-refractivity contribution in [1.29, 1.82) is 0 Å². The van der Waals surface area contributed by atoms with Gasteiger partial charge in [-0.25, -0.2) is 9.78 Å². The van der Waals surface area contributed by atoms with Crippen molar-refractivity contribution in [3.05, 3.63) is 35.4 Å². The molecule has 0 aromatic carbocycles. The van der Waals surface area contributed by atoms with Crippen LogP contribution in [-0.4, -0.2) is 39.7 Å². The summed E-state index contributed by atoms with van der Waals surface area (Å²) < 4.78 is 5.50. The summed E-state index contributed by atoms with van der Waals surface area (Å²) in [5.41, 5.74) is 0.566. The molecule has 1 fully saturated rings. The molecule has 25 heavy (non-hydrogen) atoms. The summed E-state index contributed by atoms with van der Waals surface area (Å²) in [6, 6.07) is 3.83. The quantitative estimate of drug-likeness (QED) is 0.694. The van der Waals surface area contributed by atoms with Crippen LogP contribution in [0.25, 0.3) is 10.8 Å². The van der Waals surface area contributed by atoms with Gasteiger partial charge in [0.2, 0.25) is 0 Å². The normalized spacial score (nSPS) is 21.4. The molecule has 0 radical (unpaired) electrons. The van der Waals surface area contributed by atoms with Crippen LogP contribution in [0, 0.1) is 5.92 Å². The maximum absolute atomic E-state index is 12.3. The number of carbonyl (C=O) groups excluding carboxylic acids is 1. The van der Waals surface area contributed by atoms with E-state index in [0.717, 1.165) is 22.9 Å². The first-order valence-electron chi connectivity index (χ1n) is 8.62. The Morgan fingerprint density at radius 3 is 2.80 bits per heavy atom. The number of amides is 1. The van der Waals surface area contributed by atoms with Crippen molar-refractivity contribution in [1.82, 2.24) is 14.9 Å². The van der Waals surface area contributed by atoms with E-state index in [4.69, 9.17) is 16.3 Å². The lowest BCUT2D eigenvalue weighted by atomic mass is 9.83. The van der Waals surface area contributed by atoms with Crippen LogP contribution in [0.5, 0.6) is 0 Å². The Kier molecular flexibility index (Phi) is 4.87. The van der Waals surface area contributed by atoms with E-state index in [9.17, 15) is 4.79 Å². The summed E-state index contributed by atoms with van der Waals surface area (Å²) in [4.78, 5) is 22.9. The molecule has 3 rings (SSSR count). The van der Waals surface area contributed by atoms with Gasteiger partial charge in [0.25, 0.3) is 0 Å². The molecule has 2 aromatic rings. The van der Waals surface area contributed by atoms with Crippen LogP contribution in [0.1, 0.15) is 45.7 Å². The predicted octanol–water partition coefficient (Wildman–Crippen LogP) is 4.64. The molecule has 1 saturated heterocycles. The standard InChI is InChI=1S/C19H24ClN3O2/c1-12-11-23(18(24)25-19(2,3)4)8-6-14(12)17-15-9-16(20)22-10-13(15)5-7-21-17/h5,7,9-10,12,14H,6,8,11H2,1-4H3/t12-,14-/m0/s1. The molecular formula is C19H24ClN3O2. The third-order valence-electron chi connectivity index (χ3n) is 4.55. The van der Waals surface area contributed by atoms with Crippen molar-refractivity contribution in [2.24, 2.45) is 5.92 Å². The van der Waals surface area contributed by atoms with Gasteiger partial charge in [0.1, 0.15) is 10.8 Å². The largest absolute Gasteiger partial charge is 0.444 e. The van der Waals surface area contributed by atoms with Gasteiger partial charge in [-0.3, -0.25) is 4.98 Å². The Morgan fingerprint density at radius 2 is 2.12 bits per heavy atom. The van der Waals surface area contributed by atoms with Gasteiger partial charge in [0.05, 0.1) is 5.69 Å². The molecule has 5 nitrogen and oxygen atoms in total. The summed E-state index contributed by atoms with van der Waals surface area (Å²) in [5, 5.41) is 2.56. The van der Waals surface area contributed by atoms with Gasteiger partial charge >= 0.3 is 6.09 Å². The van der Waals surface area contributed by atoms with Gasteiger partial charge in [-0.15, -0.1) is 0 Å². The number of fused-ring (bicyclic) bond motifs is 1. The Labute approximate surface area is 153 Å². The van der Waals surface area contributed by atoms with E-state index in [1.54, 1.807) is 11.1 Å². The highest BCUT2D eigenvalue weighted by Gasteiger charge is 2.33. The minimum Gasteiger partial charge on any atom is -0.444 e. The Morgan fingerprint density at radius 1 is 1.36 bits per heavy atom. The smallest absolute Gasteiger partial charge is 0.410 e. The van der Waals surface area contributed by atoms with E-state index in [1.807, 2.05) is 39.1 Å². The predicted molar refractivity (Wildman–Crippen MR) is 98.9 cm³/mol. The van der Waals surface area contributed by atoms with E-state index in [-0.39, 0.29) is 17.9 Å². The fraction of sp³-hybridized carbons (Fsp3) is 0.526. The Hall–Kier alpha value is -1.88. The van der Waals surface area contributed by atoms with Crippen LogP contribution in [0.3, 0.4) is 0 Å². The highest BCUT2D eigenvalue weighted by Crippen LogP contribution is 2.36. The van der Waals surface area contributed by atoms with E-state index in [0.29, 0.717) is 18.2 Å². The van der Waals surface area contributed by atoms with Crippen molar-refractivity contribution >= 4 is 28.5 Å². The van der Waals surface area contributed by atoms with E-state index < -0.39 is 5.60 Å². The zero-order valence-corrected chi connectivity index (χ0v) is 15.9. The number of rotatable bonds is 1. The molecule has 0 spiro atoms. The molecule has 1 aliphatic heterocycles. The average molecular weight is 362 g/mol. The first-order valence-corrected chi connectivity index (χ1v) is 9.00. The SMILES string of the molecule is C[C@H]1CN(C(=O)OC(C)(C)C)CC[C@@H]1c1nccc2cnc(Cl)cc12. The second-order valence-corrected chi connectivity index (χ2v) is 8.11. The molecule has 1 aliphatic rings. The Balaban J connectivity index is 1.81. The minimum absolute atomic E-state index is 0.240. The summed E-state index contributed by atoms with van der Waals surface area (Å²) in [7, 11) is 0. The lowest BCUT2D eigenvalue weighted by Gasteiger charge is -2.37. The van der Waals surface area contributed by atoms with Gasteiger partial charge in [0, 0.05) is 42.2 Å². The fourth-order valence-corrected chi connectivity index (χ4v) is 3.56. The molecular weight excluding hydrogens is 338 g/mol. The van der Waals surface area contributed by atoms with Crippen LogP contribution in [0.2, 0.25) is 5.15 Å². The van der Waals surface area contributed by atoms with Crippen LogP contribution < -0.4 is 0 Å². The number of hydrogen-bond donors (Lipinski definition) is 0. The van der Waals surface area contributed by atoms with Gasteiger partial charge in [-0.05, 0) is 45.2 Å². The van der Waals surface area contributed by atoms with Crippen LogP contribution in [0.4, 0.5) is 4.79 Å². The minimum atomic E-state index is -0.474. The third-order valence-corrected chi connectivity index (χ3v) is 4.76. The zero-order valence-electron chi connectivity index (χ0n) is 15.1. The van der Waals surface area contributed by atoms with Crippen LogP contribution in [-0.2, 0) is 4.74 Å². The lowest BCUT2D eigenvalue weighted by molar-refractivity contribution is 0.0154. The first kappa shape index (κ1) is 17.9. The number of ether oxygens (including phenoxy) is 1. The van der Waals surface area contributed by atoms with Crippen molar-refractivity contribution in [2.45, 2.75) is 45.6 Å². The molecule has 0 N–H and O–H groups in total. The number of carbonyl (C=O) groups is 1. The van der Waals surface area contributed by atoms with Gasteiger partial charge in [-0.1, -0.05) is 18.5 Å². The molecule has 0 bridgehead atoms.